The van der Waals surface area contributed by atoms with Gasteiger partial charge in [-0.05, 0) is 37.6 Å². The fraction of sp³-hybridized carbons (Fsp3) is 0.227. The molecular weight excluding hydrogens is 378 g/mol. The molecule has 0 bridgehead atoms. The van der Waals surface area contributed by atoms with E-state index in [0.29, 0.717) is 17.8 Å². The molecule has 0 aromatic carbocycles. The van der Waals surface area contributed by atoms with E-state index in [4.69, 9.17) is 0 Å². The van der Waals surface area contributed by atoms with E-state index in [1.807, 2.05) is 43.6 Å². The number of allylic oxidation sites excluding steroid dienone is 1. The fourth-order valence-electron chi connectivity index (χ4n) is 3.38. The summed E-state index contributed by atoms with van der Waals surface area (Å²) < 4.78 is 0. The molecule has 3 aromatic rings. The van der Waals surface area contributed by atoms with Gasteiger partial charge in [0.1, 0.15) is 12.1 Å². The lowest BCUT2D eigenvalue weighted by Gasteiger charge is -2.15. The molecule has 1 aliphatic rings. The lowest BCUT2D eigenvalue weighted by atomic mass is 10.1. The van der Waals surface area contributed by atoms with Crippen molar-refractivity contribution in [1.29, 1.82) is 0 Å². The number of rotatable bonds is 7. The third-order valence-corrected chi connectivity index (χ3v) is 4.82. The van der Waals surface area contributed by atoms with E-state index in [1.165, 1.54) is 6.08 Å². The first kappa shape index (κ1) is 19.5. The van der Waals surface area contributed by atoms with E-state index < -0.39 is 0 Å². The van der Waals surface area contributed by atoms with Gasteiger partial charge in [0.2, 0.25) is 5.95 Å². The number of carbonyl (C=O) groups excluding carboxylic acids is 1. The first-order valence-electron chi connectivity index (χ1n) is 9.80. The van der Waals surface area contributed by atoms with E-state index >= 15 is 0 Å². The van der Waals surface area contributed by atoms with E-state index in [-0.39, 0.29) is 0 Å². The second-order valence-electron chi connectivity index (χ2n) is 7.15. The Labute approximate surface area is 175 Å². The summed E-state index contributed by atoms with van der Waals surface area (Å²) in [6, 6.07) is 8.11. The van der Waals surface area contributed by atoms with Gasteiger partial charge in [-0.25, -0.2) is 15.0 Å². The molecule has 4 heterocycles. The van der Waals surface area contributed by atoms with Crippen molar-refractivity contribution in [2.24, 2.45) is 0 Å². The summed E-state index contributed by atoms with van der Waals surface area (Å²) in [5.41, 5.74) is 3.70. The molecular formula is C22H23N7O. The van der Waals surface area contributed by atoms with Crippen molar-refractivity contribution < 1.29 is 4.79 Å². The quantitative estimate of drug-likeness (QED) is 0.460. The third-order valence-electron chi connectivity index (χ3n) is 4.82. The normalized spacial score (nSPS) is 16.0. The van der Waals surface area contributed by atoms with E-state index in [1.54, 1.807) is 18.6 Å². The smallest absolute Gasteiger partial charge is 0.228 e. The van der Waals surface area contributed by atoms with Gasteiger partial charge in [-0.1, -0.05) is 6.07 Å². The summed E-state index contributed by atoms with van der Waals surface area (Å²) in [7, 11) is 0. The maximum Gasteiger partial charge on any atom is 0.228 e. The van der Waals surface area contributed by atoms with Crippen LogP contribution >= 0.6 is 0 Å². The number of carbonyl (C=O) groups is 1. The molecule has 0 aliphatic carbocycles. The van der Waals surface area contributed by atoms with Gasteiger partial charge in [-0.2, -0.15) is 0 Å². The second kappa shape index (κ2) is 9.13. The predicted octanol–water partition coefficient (Wildman–Crippen LogP) is 3.18. The minimum atomic E-state index is 0.308. The molecule has 1 aliphatic heterocycles. The molecule has 3 aromatic heterocycles. The van der Waals surface area contributed by atoms with Gasteiger partial charge < -0.3 is 15.5 Å². The highest BCUT2D eigenvalue weighted by atomic mass is 16.1. The topological polar surface area (TPSA) is 95.9 Å². The summed E-state index contributed by atoms with van der Waals surface area (Å²) >= 11 is 0. The van der Waals surface area contributed by atoms with Crippen molar-refractivity contribution in [3.63, 3.8) is 0 Å². The second-order valence-corrected chi connectivity index (χ2v) is 7.15. The van der Waals surface area contributed by atoms with Gasteiger partial charge in [-0.15, -0.1) is 0 Å². The summed E-state index contributed by atoms with van der Waals surface area (Å²) in [5.74, 6) is 1.21. The van der Waals surface area contributed by atoms with Crippen LogP contribution in [0.1, 0.15) is 12.1 Å². The highest BCUT2D eigenvalue weighted by Crippen LogP contribution is 2.23. The van der Waals surface area contributed by atoms with Crippen molar-refractivity contribution in [1.82, 2.24) is 24.8 Å². The monoisotopic (exact) mass is 401 g/mol. The summed E-state index contributed by atoms with van der Waals surface area (Å²) in [5, 5.41) is 6.63. The largest absolute Gasteiger partial charge is 0.379 e. The van der Waals surface area contributed by atoms with Crippen LogP contribution in [0.5, 0.6) is 0 Å². The average Bonchev–Trinajstić information content (AvgIpc) is 3.20. The van der Waals surface area contributed by atoms with Crippen molar-refractivity contribution in [3.8, 4) is 11.1 Å². The van der Waals surface area contributed by atoms with Crippen LogP contribution in [0, 0.1) is 6.92 Å². The fourth-order valence-corrected chi connectivity index (χ4v) is 3.38. The number of aldehydes is 1. The summed E-state index contributed by atoms with van der Waals surface area (Å²) in [6.07, 6.45) is 12.3. The number of hydrogen-bond donors (Lipinski definition) is 2. The van der Waals surface area contributed by atoms with Gasteiger partial charge in [-0.3, -0.25) is 9.78 Å². The SMILES string of the molecule is Cc1cccc(Nc2ncc(-c3cncc(N[C@H]4CCN(C=CC=O)C4)c3)cn2)n1. The molecule has 30 heavy (non-hydrogen) atoms. The van der Waals surface area contributed by atoms with Crippen LogP contribution in [-0.4, -0.2) is 50.3 Å². The molecule has 0 saturated carbocycles. The Bertz CT molecular complexity index is 1040. The first-order chi connectivity index (χ1) is 14.7. The molecule has 8 nitrogen and oxygen atoms in total. The predicted molar refractivity (Wildman–Crippen MR) is 116 cm³/mol. The third kappa shape index (κ3) is 4.96. The number of pyridine rings is 2. The summed E-state index contributed by atoms with van der Waals surface area (Å²) in [4.78, 5) is 30.2. The molecule has 2 N–H and O–H groups in total. The van der Waals surface area contributed by atoms with Crippen molar-refractivity contribution in [2.75, 3.05) is 23.7 Å². The van der Waals surface area contributed by atoms with E-state index in [0.717, 1.165) is 48.3 Å². The molecule has 4 rings (SSSR count). The van der Waals surface area contributed by atoms with Crippen LogP contribution in [0.4, 0.5) is 17.5 Å². The molecule has 1 atom stereocenters. The molecule has 1 fully saturated rings. The number of likely N-dealkylation sites (tertiary alicyclic amines) is 1. The zero-order chi connectivity index (χ0) is 20.8. The highest BCUT2D eigenvalue weighted by molar-refractivity contribution is 5.66. The Hall–Kier alpha value is -3.81. The van der Waals surface area contributed by atoms with Crippen molar-refractivity contribution in [3.05, 3.63) is 67.0 Å². The first-order valence-corrected chi connectivity index (χ1v) is 9.80. The number of nitrogens with zero attached hydrogens (tertiary/aromatic N) is 5. The van der Waals surface area contributed by atoms with Gasteiger partial charge in [0.25, 0.3) is 0 Å². The standard InChI is InChI=1S/C22H23N7O/c1-16-4-2-5-21(26-16)28-22-24-12-18(13-25-22)17-10-20(14-23-11-17)27-19-6-8-29(15-19)7-3-9-30/h2-5,7,9-14,19,27H,6,8,15H2,1H3,(H,24,25,26,28)/t19-/m0/s1. The average molecular weight is 401 g/mol. The van der Waals surface area contributed by atoms with E-state index in [9.17, 15) is 4.79 Å². The number of anilines is 3. The van der Waals surface area contributed by atoms with Crippen LogP contribution in [0.3, 0.4) is 0 Å². The molecule has 1 saturated heterocycles. The Morgan fingerprint density at radius 3 is 2.80 bits per heavy atom. The van der Waals surface area contributed by atoms with Gasteiger partial charge in [0, 0.05) is 66.9 Å². The van der Waals surface area contributed by atoms with Gasteiger partial charge in [0.05, 0.1) is 5.69 Å². The van der Waals surface area contributed by atoms with Crippen LogP contribution in [0.15, 0.2) is 61.3 Å². The summed E-state index contributed by atoms with van der Waals surface area (Å²) in [6.45, 7) is 3.71. The minimum Gasteiger partial charge on any atom is -0.379 e. The Morgan fingerprint density at radius 2 is 2.00 bits per heavy atom. The number of nitrogens with one attached hydrogen (secondary N) is 2. The molecule has 0 radical (unpaired) electrons. The number of aryl methyl sites for hydroxylation is 1. The van der Waals surface area contributed by atoms with E-state index in [2.05, 4.69) is 35.5 Å². The lowest BCUT2D eigenvalue weighted by molar-refractivity contribution is -0.104. The zero-order valence-corrected chi connectivity index (χ0v) is 16.7. The van der Waals surface area contributed by atoms with Gasteiger partial charge >= 0.3 is 0 Å². The van der Waals surface area contributed by atoms with Crippen LogP contribution < -0.4 is 10.6 Å². The minimum absolute atomic E-state index is 0.308. The van der Waals surface area contributed by atoms with Crippen LogP contribution in [0.2, 0.25) is 0 Å². The molecule has 8 heteroatoms. The number of aromatic nitrogens is 4. The van der Waals surface area contributed by atoms with Crippen molar-refractivity contribution in [2.45, 2.75) is 19.4 Å². The van der Waals surface area contributed by atoms with Crippen molar-refractivity contribution >= 4 is 23.7 Å². The molecule has 0 amide bonds. The van der Waals surface area contributed by atoms with Gasteiger partial charge in [0.15, 0.2) is 0 Å². The van der Waals surface area contributed by atoms with Crippen LogP contribution in [-0.2, 0) is 4.79 Å². The maximum atomic E-state index is 10.5. The zero-order valence-electron chi connectivity index (χ0n) is 16.7. The Balaban J connectivity index is 1.41. The lowest BCUT2D eigenvalue weighted by Crippen LogP contribution is -2.23. The maximum absolute atomic E-state index is 10.5. The molecule has 0 spiro atoms. The Morgan fingerprint density at radius 1 is 1.13 bits per heavy atom. The number of hydrogen-bond acceptors (Lipinski definition) is 8. The highest BCUT2D eigenvalue weighted by Gasteiger charge is 2.20. The molecule has 0 unspecified atom stereocenters. The van der Waals surface area contributed by atoms with Crippen LogP contribution in [0.25, 0.3) is 11.1 Å². The Kier molecular flexibility index (Phi) is 5.93. The molecule has 152 valence electrons.